The highest BCUT2D eigenvalue weighted by molar-refractivity contribution is 5.98. The van der Waals surface area contributed by atoms with Crippen LogP contribution in [0.4, 0.5) is 0 Å². The summed E-state index contributed by atoms with van der Waals surface area (Å²) in [5, 5.41) is 16.0. The van der Waals surface area contributed by atoms with E-state index in [1.807, 2.05) is 6.07 Å². The van der Waals surface area contributed by atoms with Crippen molar-refractivity contribution >= 4 is 11.8 Å². The minimum atomic E-state index is -1.05. The van der Waals surface area contributed by atoms with Crippen LogP contribution in [0, 0.1) is 0 Å². The maximum absolute atomic E-state index is 12.7. The lowest BCUT2D eigenvalue weighted by Gasteiger charge is -2.23. The lowest BCUT2D eigenvalue weighted by Crippen LogP contribution is -2.29. The fourth-order valence-corrected chi connectivity index (χ4v) is 3.15. The molecule has 1 aliphatic rings. The van der Waals surface area contributed by atoms with Gasteiger partial charge in [-0.25, -0.2) is 4.98 Å². The molecule has 8 nitrogen and oxygen atoms in total. The molecule has 0 spiro atoms. The molecule has 1 saturated heterocycles. The van der Waals surface area contributed by atoms with Gasteiger partial charge >= 0.3 is 0 Å². The average Bonchev–Trinajstić information content (AvgIpc) is 2.81. The maximum atomic E-state index is 12.7. The van der Waals surface area contributed by atoms with Crippen LogP contribution in [0.25, 0.3) is 0 Å². The molecule has 0 saturated carbocycles. The van der Waals surface area contributed by atoms with Crippen molar-refractivity contribution in [2.24, 2.45) is 0 Å². The first-order valence-corrected chi connectivity index (χ1v) is 10.1. The fraction of sp³-hybridized carbons (Fsp3) is 0.409. The summed E-state index contributed by atoms with van der Waals surface area (Å²) in [6.07, 6.45) is 1.02. The summed E-state index contributed by atoms with van der Waals surface area (Å²) in [6.45, 7) is 1.84. The molecule has 2 amide bonds. The second kappa shape index (κ2) is 10.8. The molecule has 3 N–H and O–H groups in total. The van der Waals surface area contributed by atoms with Crippen molar-refractivity contribution in [1.82, 2.24) is 15.6 Å². The Bertz CT molecular complexity index is 853. The third-order valence-electron chi connectivity index (χ3n) is 4.76. The van der Waals surface area contributed by atoms with E-state index in [4.69, 9.17) is 9.47 Å². The van der Waals surface area contributed by atoms with Gasteiger partial charge in [0, 0.05) is 25.6 Å². The van der Waals surface area contributed by atoms with Gasteiger partial charge in [-0.2, -0.15) is 0 Å². The molecule has 0 unspecified atom stereocenters. The van der Waals surface area contributed by atoms with E-state index >= 15 is 0 Å². The zero-order valence-corrected chi connectivity index (χ0v) is 17.0. The Kier molecular flexibility index (Phi) is 7.89. The first-order chi connectivity index (χ1) is 14.6. The molecular weight excluding hydrogens is 386 g/mol. The molecule has 0 radical (unpaired) electrons. The number of aliphatic hydroxyl groups is 1. The van der Waals surface area contributed by atoms with Crippen LogP contribution in [0.1, 0.15) is 57.5 Å². The van der Waals surface area contributed by atoms with E-state index in [0.717, 1.165) is 6.42 Å². The summed E-state index contributed by atoms with van der Waals surface area (Å²) in [4.78, 5) is 29.0. The van der Waals surface area contributed by atoms with Crippen molar-refractivity contribution in [2.45, 2.75) is 31.7 Å². The minimum Gasteiger partial charge on any atom is -0.382 e. The van der Waals surface area contributed by atoms with Gasteiger partial charge in [0.25, 0.3) is 11.8 Å². The van der Waals surface area contributed by atoms with Crippen LogP contribution in [-0.4, -0.2) is 55.0 Å². The number of pyridine rings is 1. The smallest absolute Gasteiger partial charge is 0.269 e. The van der Waals surface area contributed by atoms with Gasteiger partial charge in [0.15, 0.2) is 6.29 Å². The van der Waals surface area contributed by atoms with E-state index in [-0.39, 0.29) is 29.1 Å². The van der Waals surface area contributed by atoms with Crippen LogP contribution in [0.5, 0.6) is 0 Å². The Labute approximate surface area is 175 Å². The second-order valence-corrected chi connectivity index (χ2v) is 6.98. The van der Waals surface area contributed by atoms with E-state index < -0.39 is 12.0 Å². The van der Waals surface area contributed by atoms with Crippen molar-refractivity contribution in [3.63, 3.8) is 0 Å². The maximum Gasteiger partial charge on any atom is 0.269 e. The molecule has 0 aliphatic carbocycles. The van der Waals surface area contributed by atoms with Crippen LogP contribution < -0.4 is 10.6 Å². The summed E-state index contributed by atoms with van der Waals surface area (Å²) in [7, 11) is 1.49. The summed E-state index contributed by atoms with van der Waals surface area (Å²) in [6, 6.07) is 11.9. The Morgan fingerprint density at radius 1 is 1.17 bits per heavy atom. The number of ether oxygens (including phenoxy) is 2. The predicted molar refractivity (Wildman–Crippen MR) is 110 cm³/mol. The molecule has 1 fully saturated rings. The van der Waals surface area contributed by atoms with Crippen LogP contribution in [0.15, 0.2) is 42.5 Å². The van der Waals surface area contributed by atoms with E-state index in [0.29, 0.717) is 38.2 Å². The molecule has 1 aromatic carbocycles. The van der Waals surface area contributed by atoms with Gasteiger partial charge in [0.05, 0.1) is 18.9 Å². The summed E-state index contributed by atoms with van der Waals surface area (Å²) < 4.78 is 11.0. The molecule has 160 valence electrons. The largest absolute Gasteiger partial charge is 0.382 e. The SMILES string of the molecule is CNC(=O)c1cc(C(=O)NCCCC2OCCCO2)cc([C@H](O)c2ccccc2)n1. The Morgan fingerprint density at radius 2 is 1.90 bits per heavy atom. The normalized spacial score (nSPS) is 15.4. The van der Waals surface area contributed by atoms with Crippen molar-refractivity contribution in [3.05, 3.63) is 65.0 Å². The van der Waals surface area contributed by atoms with Crippen molar-refractivity contribution in [2.75, 3.05) is 26.8 Å². The number of amides is 2. The van der Waals surface area contributed by atoms with Crippen LogP contribution in [-0.2, 0) is 9.47 Å². The van der Waals surface area contributed by atoms with Crippen LogP contribution in [0.3, 0.4) is 0 Å². The Morgan fingerprint density at radius 3 is 2.60 bits per heavy atom. The van der Waals surface area contributed by atoms with Gasteiger partial charge in [-0.15, -0.1) is 0 Å². The summed E-state index contributed by atoms with van der Waals surface area (Å²) >= 11 is 0. The zero-order chi connectivity index (χ0) is 21.3. The number of benzene rings is 1. The molecule has 3 rings (SSSR count). The van der Waals surface area contributed by atoms with E-state index in [2.05, 4.69) is 15.6 Å². The molecule has 0 bridgehead atoms. The Balaban J connectivity index is 1.69. The highest BCUT2D eigenvalue weighted by atomic mass is 16.7. The van der Waals surface area contributed by atoms with Gasteiger partial charge in [-0.05, 0) is 30.5 Å². The highest BCUT2D eigenvalue weighted by Crippen LogP contribution is 2.22. The Hall–Kier alpha value is -2.81. The van der Waals surface area contributed by atoms with Gasteiger partial charge in [0.2, 0.25) is 0 Å². The molecule has 30 heavy (non-hydrogen) atoms. The average molecular weight is 413 g/mol. The first-order valence-electron chi connectivity index (χ1n) is 10.1. The number of aromatic nitrogens is 1. The van der Waals surface area contributed by atoms with Gasteiger partial charge < -0.3 is 25.2 Å². The highest BCUT2D eigenvalue weighted by Gasteiger charge is 2.19. The molecule has 1 aliphatic heterocycles. The number of rotatable bonds is 8. The number of nitrogens with zero attached hydrogens (tertiary/aromatic N) is 1. The first kappa shape index (κ1) is 21.9. The van der Waals surface area contributed by atoms with Crippen LogP contribution >= 0.6 is 0 Å². The molecule has 2 heterocycles. The second-order valence-electron chi connectivity index (χ2n) is 6.98. The molecule has 1 aromatic heterocycles. The van der Waals surface area contributed by atoms with Crippen molar-refractivity contribution in [3.8, 4) is 0 Å². The molecule has 8 heteroatoms. The minimum absolute atomic E-state index is 0.0686. The molecule has 1 atom stereocenters. The van der Waals surface area contributed by atoms with Crippen LogP contribution in [0.2, 0.25) is 0 Å². The van der Waals surface area contributed by atoms with Crippen molar-refractivity contribution < 1.29 is 24.2 Å². The topological polar surface area (TPSA) is 110 Å². The number of carbonyl (C=O) groups is 2. The lowest BCUT2D eigenvalue weighted by molar-refractivity contribution is -0.181. The lowest BCUT2D eigenvalue weighted by atomic mass is 10.0. The van der Waals surface area contributed by atoms with Gasteiger partial charge in [-0.3, -0.25) is 9.59 Å². The number of nitrogens with one attached hydrogen (secondary N) is 2. The van der Waals surface area contributed by atoms with E-state index in [9.17, 15) is 14.7 Å². The summed E-state index contributed by atoms with van der Waals surface area (Å²) in [5.74, 6) is -0.771. The monoisotopic (exact) mass is 413 g/mol. The van der Waals surface area contributed by atoms with E-state index in [1.54, 1.807) is 24.3 Å². The zero-order valence-electron chi connectivity index (χ0n) is 17.0. The predicted octanol–water partition coefficient (Wildman–Crippen LogP) is 1.80. The van der Waals surface area contributed by atoms with E-state index in [1.165, 1.54) is 19.2 Å². The van der Waals surface area contributed by atoms with Gasteiger partial charge in [-0.1, -0.05) is 30.3 Å². The van der Waals surface area contributed by atoms with Crippen molar-refractivity contribution in [1.29, 1.82) is 0 Å². The fourth-order valence-electron chi connectivity index (χ4n) is 3.15. The molecular formula is C22H27N3O5. The number of carbonyl (C=O) groups excluding carboxylic acids is 2. The standard InChI is InChI=1S/C22H27N3O5/c1-23-22(28)18-14-16(13-17(25-18)20(26)15-7-3-2-4-8-15)21(27)24-10-5-9-19-29-11-6-12-30-19/h2-4,7-8,13-14,19-20,26H,5-6,9-12H2,1H3,(H,23,28)(H,24,27)/t20-/m1/s1. The third-order valence-corrected chi connectivity index (χ3v) is 4.76. The number of hydrogen-bond acceptors (Lipinski definition) is 6. The third kappa shape index (κ3) is 5.85. The molecule has 2 aromatic rings. The quantitative estimate of drug-likeness (QED) is 0.570. The number of aliphatic hydroxyl groups excluding tert-OH is 1. The summed E-state index contributed by atoms with van der Waals surface area (Å²) in [5.41, 5.74) is 1.19. The number of hydrogen-bond donors (Lipinski definition) is 3. The van der Waals surface area contributed by atoms with Gasteiger partial charge in [0.1, 0.15) is 11.8 Å².